The number of ether oxygens (including phenoxy) is 3. The van der Waals surface area contributed by atoms with Gasteiger partial charge in [0.25, 0.3) is 0 Å². The van der Waals surface area contributed by atoms with Gasteiger partial charge in [-0.25, -0.2) is 15.2 Å². The minimum atomic E-state index is -1.11. The molecule has 1 aliphatic heterocycles. The highest BCUT2D eigenvalue weighted by atomic mass is 16.6. The lowest BCUT2D eigenvalue weighted by molar-refractivity contribution is -0.170. The maximum atomic E-state index is 12.3. The number of hydrogen-bond acceptors (Lipinski definition) is 15. The Morgan fingerprint density at radius 1 is 0.511 bits per heavy atom. The van der Waals surface area contributed by atoms with Crippen molar-refractivity contribution >= 4 is 35.6 Å². The van der Waals surface area contributed by atoms with E-state index in [0.717, 1.165) is 0 Å². The summed E-state index contributed by atoms with van der Waals surface area (Å²) in [5.41, 5.74) is 17.5. The summed E-state index contributed by atoms with van der Waals surface area (Å²) in [6.45, 7) is 3.77. The molecule has 1 saturated heterocycles. The summed E-state index contributed by atoms with van der Waals surface area (Å²) in [6, 6.07) is -3.34. The third-order valence-corrected chi connectivity index (χ3v) is 6.77. The molecule has 9 N–H and O–H groups in total. The molecular weight excluding hydrogens is 600 g/mol. The van der Waals surface area contributed by atoms with E-state index in [-0.39, 0.29) is 77.4 Å². The van der Waals surface area contributed by atoms with E-state index in [4.69, 9.17) is 31.4 Å². The van der Waals surface area contributed by atoms with Crippen molar-refractivity contribution in [1.29, 1.82) is 0 Å². The normalized spacial score (nSPS) is 29.9. The van der Waals surface area contributed by atoms with E-state index in [1.165, 1.54) is 20.8 Å². The smallest absolute Gasteiger partial charge is 0.323 e. The van der Waals surface area contributed by atoms with E-state index in [1.54, 1.807) is 0 Å². The molecule has 0 aromatic carbocycles. The van der Waals surface area contributed by atoms with Crippen molar-refractivity contribution in [1.82, 2.24) is 15.2 Å². The number of carbonyl (C=O) groups is 6. The van der Waals surface area contributed by atoms with Crippen molar-refractivity contribution in [3.63, 3.8) is 0 Å². The number of rotatable bonds is 0. The maximum Gasteiger partial charge on any atom is 0.323 e. The standard InChI is InChI=1S/C27H48N6O12/c1-16-13-22(34)31(40)10-5-8-20(29)26(38)44-18(3)15-24(36)33(42)12-6-9-21(30)27(39)45-17(2)14-23(35)32(41)11-4-7-19(28)25(37)43-16/h16-21,40-42H,4-15,28-30H2,1-3H3. The second kappa shape index (κ2) is 19.9. The molecule has 6 atom stereocenters. The van der Waals surface area contributed by atoms with Crippen molar-refractivity contribution in [2.24, 2.45) is 17.2 Å². The van der Waals surface area contributed by atoms with Gasteiger partial charge < -0.3 is 31.4 Å². The fraction of sp³-hybridized carbons (Fsp3) is 0.778. The molecule has 0 aromatic heterocycles. The first kappa shape index (κ1) is 39.6. The van der Waals surface area contributed by atoms with Gasteiger partial charge in [-0.1, -0.05) is 0 Å². The fourth-order valence-electron chi connectivity index (χ4n) is 4.15. The first-order chi connectivity index (χ1) is 21.0. The summed E-state index contributed by atoms with van der Waals surface area (Å²) in [6.07, 6.45) is -3.41. The van der Waals surface area contributed by atoms with E-state index in [0.29, 0.717) is 15.2 Å². The molecule has 3 amide bonds. The van der Waals surface area contributed by atoms with Crippen LogP contribution in [0.25, 0.3) is 0 Å². The van der Waals surface area contributed by atoms with Gasteiger partial charge in [0, 0.05) is 19.6 Å². The van der Waals surface area contributed by atoms with Crippen molar-refractivity contribution in [3.8, 4) is 0 Å². The number of cyclic esters (lactones) is 3. The number of hydrogen-bond donors (Lipinski definition) is 6. The molecule has 45 heavy (non-hydrogen) atoms. The summed E-state index contributed by atoms with van der Waals surface area (Å²) < 4.78 is 15.5. The van der Waals surface area contributed by atoms with Crippen LogP contribution in [0.5, 0.6) is 0 Å². The van der Waals surface area contributed by atoms with E-state index < -0.39 is 72.1 Å². The monoisotopic (exact) mass is 648 g/mol. The predicted molar refractivity (Wildman–Crippen MR) is 153 cm³/mol. The topological polar surface area (TPSA) is 279 Å². The van der Waals surface area contributed by atoms with Crippen LogP contribution in [0.3, 0.4) is 0 Å². The first-order valence-corrected chi connectivity index (χ1v) is 14.9. The van der Waals surface area contributed by atoms with Crippen LogP contribution in [0.4, 0.5) is 0 Å². The molecule has 1 rings (SSSR count). The van der Waals surface area contributed by atoms with E-state index in [2.05, 4.69) is 0 Å². The van der Waals surface area contributed by atoms with Gasteiger partial charge in [0.2, 0.25) is 17.7 Å². The summed E-state index contributed by atoms with van der Waals surface area (Å²) in [5, 5.41) is 31.4. The molecule has 18 heteroatoms. The van der Waals surface area contributed by atoms with Crippen LogP contribution in [-0.4, -0.2) is 123 Å². The van der Waals surface area contributed by atoms with E-state index in [1.807, 2.05) is 0 Å². The second-order valence-corrected chi connectivity index (χ2v) is 11.2. The average molecular weight is 649 g/mol. The molecule has 0 bridgehead atoms. The Kier molecular flexibility index (Phi) is 17.5. The Labute approximate surface area is 261 Å². The van der Waals surface area contributed by atoms with Gasteiger partial charge in [-0.3, -0.25) is 44.4 Å². The maximum absolute atomic E-state index is 12.3. The average Bonchev–Trinajstić information content (AvgIpc) is 2.95. The van der Waals surface area contributed by atoms with Gasteiger partial charge >= 0.3 is 17.9 Å². The second-order valence-electron chi connectivity index (χ2n) is 11.2. The molecule has 0 aliphatic carbocycles. The molecule has 0 saturated carbocycles. The van der Waals surface area contributed by atoms with Gasteiger partial charge in [-0.2, -0.15) is 0 Å². The van der Waals surface area contributed by atoms with Crippen molar-refractivity contribution in [2.75, 3.05) is 19.6 Å². The summed E-state index contributed by atoms with van der Waals surface area (Å²) in [5.74, 6) is -4.72. The molecule has 1 fully saturated rings. The number of esters is 3. The fourth-order valence-corrected chi connectivity index (χ4v) is 4.15. The van der Waals surface area contributed by atoms with Gasteiger partial charge in [0.1, 0.15) is 36.4 Å². The van der Waals surface area contributed by atoms with Crippen molar-refractivity contribution < 1.29 is 58.6 Å². The quantitative estimate of drug-likeness (QED) is 0.104. The minimum absolute atomic E-state index is 0.0354. The molecule has 0 radical (unpaired) electrons. The molecular formula is C27H48N6O12. The van der Waals surface area contributed by atoms with Crippen LogP contribution < -0.4 is 17.2 Å². The SMILES string of the molecule is CC1CC(=O)N(O)CCCC(N)C(=O)OC(C)CC(=O)N(O)CCCC(N)C(=O)OC(C)CC(=O)N(O)CCCC(N)C(=O)O1. The van der Waals surface area contributed by atoms with Gasteiger partial charge in [0.05, 0.1) is 19.3 Å². The number of nitrogens with zero attached hydrogens (tertiary/aromatic N) is 3. The van der Waals surface area contributed by atoms with Crippen molar-refractivity contribution in [2.45, 2.75) is 115 Å². The van der Waals surface area contributed by atoms with Crippen LogP contribution in [0.15, 0.2) is 0 Å². The molecule has 258 valence electrons. The number of amides is 3. The van der Waals surface area contributed by atoms with E-state index >= 15 is 0 Å². The molecule has 1 aliphatic rings. The number of carbonyl (C=O) groups excluding carboxylic acids is 6. The van der Waals surface area contributed by atoms with Crippen LogP contribution >= 0.6 is 0 Å². The Bertz CT molecular complexity index is 821. The Morgan fingerprint density at radius 3 is 0.956 bits per heavy atom. The largest absolute Gasteiger partial charge is 0.461 e. The first-order valence-electron chi connectivity index (χ1n) is 14.9. The van der Waals surface area contributed by atoms with Crippen molar-refractivity contribution in [3.05, 3.63) is 0 Å². The highest BCUT2D eigenvalue weighted by molar-refractivity contribution is 5.79. The molecule has 1 heterocycles. The Hall–Kier alpha value is -3.42. The summed E-state index contributed by atoms with van der Waals surface area (Å²) >= 11 is 0. The number of hydroxylamine groups is 6. The third-order valence-electron chi connectivity index (χ3n) is 6.77. The van der Waals surface area contributed by atoms with Crippen LogP contribution in [0.1, 0.15) is 78.6 Å². The lowest BCUT2D eigenvalue weighted by Gasteiger charge is -2.22. The van der Waals surface area contributed by atoms with Gasteiger partial charge in [0.15, 0.2) is 0 Å². The zero-order chi connectivity index (χ0) is 34.3. The van der Waals surface area contributed by atoms with E-state index in [9.17, 15) is 44.4 Å². The molecule has 0 spiro atoms. The Morgan fingerprint density at radius 2 is 0.733 bits per heavy atom. The minimum Gasteiger partial charge on any atom is -0.461 e. The van der Waals surface area contributed by atoms with Crippen LogP contribution in [0.2, 0.25) is 0 Å². The zero-order valence-electron chi connectivity index (χ0n) is 26.0. The molecule has 0 aromatic rings. The lowest BCUT2D eigenvalue weighted by Crippen LogP contribution is -2.39. The van der Waals surface area contributed by atoms with Crippen LogP contribution in [-0.2, 0) is 43.0 Å². The number of nitrogens with two attached hydrogens (primary N) is 3. The highest BCUT2D eigenvalue weighted by Gasteiger charge is 2.26. The van der Waals surface area contributed by atoms with Gasteiger partial charge in [-0.05, 0) is 59.3 Å². The third kappa shape index (κ3) is 15.4. The highest BCUT2D eigenvalue weighted by Crippen LogP contribution is 2.11. The lowest BCUT2D eigenvalue weighted by atomic mass is 10.1. The summed E-state index contributed by atoms with van der Waals surface area (Å²) in [7, 11) is 0. The van der Waals surface area contributed by atoms with Gasteiger partial charge in [-0.15, -0.1) is 0 Å². The molecule has 6 unspecified atom stereocenters. The molecule has 18 nitrogen and oxygen atoms in total. The Balaban J connectivity index is 2.85. The summed E-state index contributed by atoms with van der Waals surface area (Å²) in [4.78, 5) is 73.8. The van der Waals surface area contributed by atoms with Crippen LogP contribution in [0, 0.1) is 0 Å². The zero-order valence-corrected chi connectivity index (χ0v) is 26.0. The predicted octanol–water partition coefficient (Wildman–Crippen LogP) is -1.06.